The molecule has 7 nitrogen and oxygen atoms in total. The molecule has 3 aromatic rings. The Labute approximate surface area is 216 Å². The van der Waals surface area contributed by atoms with Crippen LogP contribution in [0.1, 0.15) is 29.8 Å². The van der Waals surface area contributed by atoms with E-state index in [0.29, 0.717) is 23.0 Å². The number of hydrogen-bond acceptors (Lipinski definition) is 5. The van der Waals surface area contributed by atoms with E-state index in [-0.39, 0.29) is 11.8 Å². The van der Waals surface area contributed by atoms with Gasteiger partial charge in [0.15, 0.2) is 5.11 Å². The van der Waals surface area contributed by atoms with Crippen LogP contribution in [-0.2, 0) is 16.1 Å². The quantitative estimate of drug-likeness (QED) is 0.333. The number of hydrogen-bond donors (Lipinski definition) is 2. The van der Waals surface area contributed by atoms with E-state index in [9.17, 15) is 9.59 Å². The Morgan fingerprint density at radius 2 is 1.67 bits per heavy atom. The van der Waals surface area contributed by atoms with Crippen LogP contribution >= 0.6 is 12.2 Å². The molecule has 1 atom stereocenters. The number of carbonyl (C=O) groups is 2. The second-order valence-corrected chi connectivity index (χ2v) is 9.28. The number of fused-ring (bicyclic) bond motifs is 1. The topological polar surface area (TPSA) is 79.9 Å². The van der Waals surface area contributed by atoms with E-state index in [1.807, 2.05) is 80.6 Å². The highest BCUT2D eigenvalue weighted by atomic mass is 32.1. The average Bonchev–Trinajstić information content (AvgIpc) is 3.19. The van der Waals surface area contributed by atoms with Crippen molar-refractivity contribution in [3.05, 3.63) is 77.9 Å². The molecule has 1 aliphatic heterocycles. The summed E-state index contributed by atoms with van der Waals surface area (Å²) < 4.78 is 10.3. The second kappa shape index (κ2) is 10.8. The maximum absolute atomic E-state index is 13.0. The monoisotopic (exact) mass is 503 g/mol. The van der Waals surface area contributed by atoms with Crippen molar-refractivity contribution in [2.45, 2.75) is 26.4 Å². The van der Waals surface area contributed by atoms with E-state index in [4.69, 9.17) is 21.7 Å². The van der Waals surface area contributed by atoms with Crippen LogP contribution in [0, 0.1) is 5.92 Å². The number of carbonyl (C=O) groups excluding carboxylic acids is 2. The number of methoxy groups -OCH3 is 2. The van der Waals surface area contributed by atoms with Crippen molar-refractivity contribution in [2.75, 3.05) is 24.9 Å². The number of amides is 1. The van der Waals surface area contributed by atoms with Gasteiger partial charge in [0.2, 0.25) is 0 Å². The largest absolute Gasteiger partial charge is 0.495 e. The van der Waals surface area contributed by atoms with Crippen LogP contribution in [0.5, 0.6) is 5.75 Å². The Morgan fingerprint density at radius 3 is 2.33 bits per heavy atom. The molecular formula is C28H29N3O4S. The third kappa shape index (κ3) is 5.18. The van der Waals surface area contributed by atoms with Crippen LogP contribution in [-0.4, -0.2) is 42.2 Å². The Balaban J connectivity index is 1.46. The lowest BCUT2D eigenvalue weighted by molar-refractivity contribution is -0.147. The van der Waals surface area contributed by atoms with Crippen molar-refractivity contribution < 1.29 is 19.1 Å². The van der Waals surface area contributed by atoms with Crippen molar-refractivity contribution in [1.82, 2.24) is 4.90 Å². The Morgan fingerprint density at radius 1 is 0.972 bits per heavy atom. The van der Waals surface area contributed by atoms with E-state index in [1.54, 1.807) is 12.0 Å². The van der Waals surface area contributed by atoms with Crippen LogP contribution in [0.3, 0.4) is 0 Å². The van der Waals surface area contributed by atoms with Crippen molar-refractivity contribution in [3.8, 4) is 16.9 Å². The minimum absolute atomic E-state index is 0.0567. The minimum Gasteiger partial charge on any atom is -0.495 e. The molecular weight excluding hydrogens is 474 g/mol. The zero-order chi connectivity index (χ0) is 25.8. The van der Waals surface area contributed by atoms with Gasteiger partial charge >= 0.3 is 5.97 Å². The van der Waals surface area contributed by atoms with E-state index in [2.05, 4.69) is 10.6 Å². The summed E-state index contributed by atoms with van der Waals surface area (Å²) in [6.45, 7) is 4.20. The van der Waals surface area contributed by atoms with Gasteiger partial charge in [-0.25, -0.2) is 4.79 Å². The molecule has 1 heterocycles. The fraction of sp³-hybridized carbons (Fsp3) is 0.250. The first-order chi connectivity index (χ1) is 17.3. The number of anilines is 2. The van der Waals surface area contributed by atoms with Crippen LogP contribution in [0.15, 0.2) is 66.7 Å². The van der Waals surface area contributed by atoms with Gasteiger partial charge in [0.25, 0.3) is 5.91 Å². The summed E-state index contributed by atoms with van der Waals surface area (Å²) in [5, 5.41) is 6.78. The molecule has 0 unspecified atom stereocenters. The van der Waals surface area contributed by atoms with E-state index < -0.39 is 12.0 Å². The molecule has 0 radical (unpaired) electrons. The number of rotatable bonds is 7. The number of para-hydroxylation sites is 2. The Bertz CT molecular complexity index is 1290. The predicted molar refractivity (Wildman–Crippen MR) is 145 cm³/mol. The molecule has 2 N–H and O–H groups in total. The summed E-state index contributed by atoms with van der Waals surface area (Å²) in [4.78, 5) is 26.9. The number of nitrogens with zero attached hydrogens (tertiary/aromatic N) is 1. The lowest BCUT2D eigenvalue weighted by atomic mass is 10.0. The molecule has 186 valence electrons. The van der Waals surface area contributed by atoms with E-state index >= 15 is 0 Å². The standard InChI is InChI=1S/C28H29N3O4S/c1-17(2)25(27(33)35-4)31-16-20-15-19(11-14-22(20)26(31)32)18-9-12-21(13-10-18)29-28(36)30-23-7-5-6-8-24(23)34-3/h5-15,17,25H,16H2,1-4H3,(H2,29,30,36)/t25-/m0/s1. The third-order valence-electron chi connectivity index (χ3n) is 6.18. The molecule has 4 rings (SSSR count). The maximum Gasteiger partial charge on any atom is 0.328 e. The molecule has 0 saturated heterocycles. The fourth-order valence-corrected chi connectivity index (χ4v) is 4.63. The zero-order valence-corrected chi connectivity index (χ0v) is 21.5. The molecule has 0 bridgehead atoms. The molecule has 0 aliphatic carbocycles. The first kappa shape index (κ1) is 25.2. The summed E-state index contributed by atoms with van der Waals surface area (Å²) >= 11 is 5.45. The van der Waals surface area contributed by atoms with Gasteiger partial charge in [-0.3, -0.25) is 4.79 Å². The molecule has 0 aromatic heterocycles. The van der Waals surface area contributed by atoms with Gasteiger partial charge in [0.05, 0.1) is 19.9 Å². The molecule has 3 aromatic carbocycles. The van der Waals surface area contributed by atoms with Crippen LogP contribution in [0.4, 0.5) is 11.4 Å². The van der Waals surface area contributed by atoms with Gasteiger partial charge in [0.1, 0.15) is 11.8 Å². The summed E-state index contributed by atoms with van der Waals surface area (Å²) in [5.74, 6) is 0.111. The van der Waals surface area contributed by atoms with Gasteiger partial charge in [-0.05, 0) is 71.2 Å². The zero-order valence-electron chi connectivity index (χ0n) is 20.7. The number of thiocarbonyl (C=S) groups is 1. The molecule has 8 heteroatoms. The van der Waals surface area contributed by atoms with Gasteiger partial charge < -0.3 is 25.0 Å². The van der Waals surface area contributed by atoms with E-state index in [1.165, 1.54) is 7.11 Å². The van der Waals surface area contributed by atoms with Gasteiger partial charge in [-0.15, -0.1) is 0 Å². The first-order valence-corrected chi connectivity index (χ1v) is 12.1. The molecule has 1 amide bonds. The van der Waals surface area contributed by atoms with Crippen molar-refractivity contribution in [2.24, 2.45) is 5.92 Å². The molecule has 1 aliphatic rings. The highest BCUT2D eigenvalue weighted by molar-refractivity contribution is 7.80. The lowest BCUT2D eigenvalue weighted by Gasteiger charge is -2.28. The summed E-state index contributed by atoms with van der Waals surface area (Å²) in [6.07, 6.45) is 0. The summed E-state index contributed by atoms with van der Waals surface area (Å²) in [6, 6.07) is 20.6. The lowest BCUT2D eigenvalue weighted by Crippen LogP contribution is -2.45. The number of nitrogens with one attached hydrogen (secondary N) is 2. The smallest absolute Gasteiger partial charge is 0.328 e. The maximum atomic E-state index is 13.0. The highest BCUT2D eigenvalue weighted by Gasteiger charge is 2.38. The molecule has 0 saturated carbocycles. The van der Waals surface area contributed by atoms with Crippen molar-refractivity contribution in [3.63, 3.8) is 0 Å². The van der Waals surface area contributed by atoms with Crippen LogP contribution in [0.25, 0.3) is 11.1 Å². The summed E-state index contributed by atoms with van der Waals surface area (Å²) in [5.41, 5.74) is 5.14. The van der Waals surface area contributed by atoms with Crippen LogP contribution < -0.4 is 15.4 Å². The molecule has 36 heavy (non-hydrogen) atoms. The molecule has 0 fully saturated rings. The van der Waals surface area contributed by atoms with Crippen LogP contribution in [0.2, 0.25) is 0 Å². The second-order valence-electron chi connectivity index (χ2n) is 8.87. The minimum atomic E-state index is -0.614. The number of benzene rings is 3. The number of esters is 1. The fourth-order valence-electron chi connectivity index (χ4n) is 4.41. The van der Waals surface area contributed by atoms with Crippen molar-refractivity contribution >= 4 is 40.6 Å². The average molecular weight is 504 g/mol. The Kier molecular flexibility index (Phi) is 7.55. The normalized spacial score (nSPS) is 13.2. The Hall–Kier alpha value is -3.91. The predicted octanol–water partition coefficient (Wildman–Crippen LogP) is 5.32. The van der Waals surface area contributed by atoms with Gasteiger partial charge in [-0.2, -0.15) is 0 Å². The SMILES string of the molecule is COC(=O)[C@H](C(C)C)N1Cc2cc(-c3ccc(NC(=S)Nc4ccccc4OC)cc3)ccc2C1=O. The third-order valence-corrected chi connectivity index (χ3v) is 6.38. The van der Waals surface area contributed by atoms with Crippen molar-refractivity contribution in [1.29, 1.82) is 0 Å². The van der Waals surface area contributed by atoms with Gasteiger partial charge in [0, 0.05) is 17.8 Å². The first-order valence-electron chi connectivity index (χ1n) is 11.7. The number of ether oxygens (including phenoxy) is 2. The summed E-state index contributed by atoms with van der Waals surface area (Å²) in [7, 11) is 2.97. The molecule has 0 spiro atoms. The highest BCUT2D eigenvalue weighted by Crippen LogP contribution is 2.32. The van der Waals surface area contributed by atoms with E-state index in [0.717, 1.165) is 28.1 Å². The van der Waals surface area contributed by atoms with Gasteiger partial charge in [-0.1, -0.05) is 44.2 Å².